The largest absolute Gasteiger partial charge is 0.454 e. The van der Waals surface area contributed by atoms with Gasteiger partial charge in [-0.05, 0) is 29.8 Å². The summed E-state index contributed by atoms with van der Waals surface area (Å²) < 4.78 is 16.1. The highest BCUT2D eigenvalue weighted by Gasteiger charge is 2.13. The van der Waals surface area contributed by atoms with Gasteiger partial charge in [-0.2, -0.15) is 0 Å². The first-order valence-corrected chi connectivity index (χ1v) is 7.35. The number of nitro groups is 1. The summed E-state index contributed by atoms with van der Waals surface area (Å²) in [7, 11) is 0. The van der Waals surface area contributed by atoms with Gasteiger partial charge in [0.2, 0.25) is 18.6 Å². The van der Waals surface area contributed by atoms with Gasteiger partial charge in [0.15, 0.2) is 11.5 Å². The van der Waals surface area contributed by atoms with Crippen LogP contribution in [0.25, 0.3) is 23.6 Å². The van der Waals surface area contributed by atoms with Gasteiger partial charge >= 0.3 is 0 Å². The molecule has 0 amide bonds. The first-order chi connectivity index (χ1) is 12.2. The number of fused-ring (bicyclic) bond motifs is 1. The van der Waals surface area contributed by atoms with Gasteiger partial charge in [-0.15, -0.1) is 10.2 Å². The number of benzene rings is 2. The maximum absolute atomic E-state index is 10.8. The van der Waals surface area contributed by atoms with Crippen LogP contribution in [0.1, 0.15) is 11.5 Å². The van der Waals surface area contributed by atoms with Crippen LogP contribution in [0.4, 0.5) is 5.69 Å². The van der Waals surface area contributed by atoms with E-state index in [0.717, 1.165) is 5.56 Å². The van der Waals surface area contributed by atoms with E-state index in [1.165, 1.54) is 12.1 Å². The Labute approximate surface area is 141 Å². The highest BCUT2D eigenvalue weighted by atomic mass is 16.7. The Morgan fingerprint density at radius 2 is 1.92 bits per heavy atom. The Kier molecular flexibility index (Phi) is 3.62. The average Bonchev–Trinajstić information content (AvgIpc) is 3.29. The molecule has 0 unspecified atom stereocenters. The SMILES string of the molecule is O=[N+]([O-])c1cccc(-c2nnc(/C=C/c3ccc4c(c3)OCO4)o2)c1. The van der Waals surface area contributed by atoms with Gasteiger partial charge in [-0.3, -0.25) is 10.1 Å². The summed E-state index contributed by atoms with van der Waals surface area (Å²) in [6.45, 7) is 0.221. The first kappa shape index (κ1) is 14.9. The molecule has 3 aromatic rings. The molecule has 0 aliphatic carbocycles. The van der Waals surface area contributed by atoms with Crippen molar-refractivity contribution in [2.24, 2.45) is 0 Å². The van der Waals surface area contributed by atoms with Crippen molar-refractivity contribution < 1.29 is 18.8 Å². The second kappa shape index (κ2) is 6.08. The first-order valence-electron chi connectivity index (χ1n) is 7.35. The monoisotopic (exact) mass is 337 g/mol. The van der Waals surface area contributed by atoms with Crippen LogP contribution in [0.5, 0.6) is 11.5 Å². The third-order valence-electron chi connectivity index (χ3n) is 3.56. The van der Waals surface area contributed by atoms with Gasteiger partial charge in [0.25, 0.3) is 5.69 Å². The summed E-state index contributed by atoms with van der Waals surface area (Å²) in [6.07, 6.45) is 3.46. The highest BCUT2D eigenvalue weighted by molar-refractivity contribution is 5.68. The predicted molar refractivity (Wildman–Crippen MR) is 87.9 cm³/mol. The molecule has 25 heavy (non-hydrogen) atoms. The van der Waals surface area contributed by atoms with Crippen LogP contribution in [0.3, 0.4) is 0 Å². The van der Waals surface area contributed by atoms with Gasteiger partial charge in [0, 0.05) is 23.8 Å². The quantitative estimate of drug-likeness (QED) is 0.530. The van der Waals surface area contributed by atoms with Crippen molar-refractivity contribution in [1.82, 2.24) is 10.2 Å². The van der Waals surface area contributed by atoms with E-state index in [1.807, 2.05) is 18.2 Å². The fourth-order valence-corrected chi connectivity index (χ4v) is 2.36. The second-order valence-corrected chi connectivity index (χ2v) is 5.20. The third-order valence-corrected chi connectivity index (χ3v) is 3.56. The van der Waals surface area contributed by atoms with Crippen molar-refractivity contribution in [2.75, 3.05) is 6.79 Å². The summed E-state index contributed by atoms with van der Waals surface area (Å²) in [5, 5.41) is 18.7. The number of hydrogen-bond donors (Lipinski definition) is 0. The zero-order chi connectivity index (χ0) is 17.2. The standard InChI is InChI=1S/C17H11N3O5/c21-20(22)13-3-1-2-12(9-13)17-19-18-16(25-17)7-5-11-4-6-14-15(8-11)24-10-23-14/h1-9H,10H2/b7-5+. The Morgan fingerprint density at radius 1 is 1.04 bits per heavy atom. The Balaban J connectivity index is 1.55. The lowest BCUT2D eigenvalue weighted by Crippen LogP contribution is -1.92. The van der Waals surface area contributed by atoms with Crippen LogP contribution in [0.15, 0.2) is 46.9 Å². The van der Waals surface area contributed by atoms with Crippen molar-refractivity contribution in [3.05, 3.63) is 64.0 Å². The summed E-state index contributed by atoms with van der Waals surface area (Å²) in [4.78, 5) is 10.4. The fourth-order valence-electron chi connectivity index (χ4n) is 2.36. The lowest BCUT2D eigenvalue weighted by Gasteiger charge is -1.96. The van der Waals surface area contributed by atoms with Crippen LogP contribution in [-0.2, 0) is 0 Å². The fraction of sp³-hybridized carbons (Fsp3) is 0.0588. The molecule has 0 atom stereocenters. The highest BCUT2D eigenvalue weighted by Crippen LogP contribution is 2.33. The predicted octanol–water partition coefficient (Wildman–Crippen LogP) is 3.54. The lowest BCUT2D eigenvalue weighted by atomic mass is 10.2. The Morgan fingerprint density at radius 3 is 2.80 bits per heavy atom. The van der Waals surface area contributed by atoms with Crippen molar-refractivity contribution in [1.29, 1.82) is 0 Å². The lowest BCUT2D eigenvalue weighted by molar-refractivity contribution is -0.384. The number of non-ortho nitro benzene ring substituents is 1. The number of rotatable bonds is 4. The molecule has 0 fully saturated rings. The molecule has 4 rings (SSSR count). The van der Waals surface area contributed by atoms with E-state index in [2.05, 4.69) is 10.2 Å². The summed E-state index contributed by atoms with van der Waals surface area (Å²) in [6, 6.07) is 11.6. The van der Waals surface area contributed by atoms with Crippen molar-refractivity contribution in [2.45, 2.75) is 0 Å². The number of ether oxygens (including phenoxy) is 2. The molecule has 0 spiro atoms. The van der Waals surface area contributed by atoms with E-state index in [0.29, 0.717) is 23.0 Å². The minimum atomic E-state index is -0.472. The maximum atomic E-state index is 10.8. The average molecular weight is 337 g/mol. The molecule has 0 saturated heterocycles. The molecule has 2 aromatic carbocycles. The normalized spacial score (nSPS) is 12.6. The molecular formula is C17H11N3O5. The number of nitro benzene ring substituents is 1. The van der Waals surface area contributed by atoms with E-state index >= 15 is 0 Å². The van der Waals surface area contributed by atoms with E-state index < -0.39 is 4.92 Å². The van der Waals surface area contributed by atoms with Crippen LogP contribution < -0.4 is 9.47 Å². The van der Waals surface area contributed by atoms with Crippen LogP contribution in [0, 0.1) is 10.1 Å². The molecule has 8 nitrogen and oxygen atoms in total. The third kappa shape index (κ3) is 3.05. The van der Waals surface area contributed by atoms with Crippen LogP contribution in [0.2, 0.25) is 0 Å². The molecular weight excluding hydrogens is 326 g/mol. The molecule has 2 heterocycles. The molecule has 1 aliphatic rings. The molecule has 0 N–H and O–H groups in total. The van der Waals surface area contributed by atoms with Gasteiger partial charge in [-0.25, -0.2) is 0 Å². The van der Waals surface area contributed by atoms with Crippen LogP contribution >= 0.6 is 0 Å². The number of nitrogens with zero attached hydrogens (tertiary/aromatic N) is 3. The zero-order valence-corrected chi connectivity index (χ0v) is 12.8. The number of hydrogen-bond acceptors (Lipinski definition) is 7. The van der Waals surface area contributed by atoms with Gasteiger partial charge in [-0.1, -0.05) is 12.1 Å². The molecule has 1 aliphatic heterocycles. The summed E-state index contributed by atoms with van der Waals surface area (Å²) in [5.74, 6) is 1.90. The van der Waals surface area contributed by atoms with Gasteiger partial charge in [0.1, 0.15) is 0 Å². The molecule has 0 bridgehead atoms. The Bertz CT molecular complexity index is 980. The van der Waals surface area contributed by atoms with Gasteiger partial charge < -0.3 is 13.9 Å². The minimum Gasteiger partial charge on any atom is -0.454 e. The summed E-state index contributed by atoms with van der Waals surface area (Å²) >= 11 is 0. The zero-order valence-electron chi connectivity index (χ0n) is 12.8. The smallest absolute Gasteiger partial charge is 0.270 e. The maximum Gasteiger partial charge on any atom is 0.270 e. The topological polar surface area (TPSA) is 101 Å². The molecule has 1 aromatic heterocycles. The summed E-state index contributed by atoms with van der Waals surface area (Å²) in [5.41, 5.74) is 1.34. The van der Waals surface area contributed by atoms with Crippen molar-refractivity contribution in [3.8, 4) is 23.0 Å². The molecule has 0 radical (unpaired) electrons. The van der Waals surface area contributed by atoms with E-state index in [9.17, 15) is 10.1 Å². The van der Waals surface area contributed by atoms with Crippen molar-refractivity contribution in [3.63, 3.8) is 0 Å². The van der Waals surface area contributed by atoms with Crippen LogP contribution in [-0.4, -0.2) is 21.9 Å². The molecule has 0 saturated carbocycles. The second-order valence-electron chi connectivity index (χ2n) is 5.20. The Hall–Kier alpha value is -3.68. The van der Waals surface area contributed by atoms with Crippen molar-refractivity contribution >= 4 is 17.8 Å². The van der Waals surface area contributed by atoms with E-state index in [4.69, 9.17) is 13.9 Å². The minimum absolute atomic E-state index is 0.0341. The van der Waals surface area contributed by atoms with E-state index in [-0.39, 0.29) is 18.4 Å². The number of aromatic nitrogens is 2. The molecule has 8 heteroatoms. The van der Waals surface area contributed by atoms with Gasteiger partial charge in [0.05, 0.1) is 4.92 Å². The molecule has 124 valence electrons. The van der Waals surface area contributed by atoms with E-state index in [1.54, 1.807) is 24.3 Å².